The first-order chi connectivity index (χ1) is 14.9. The number of guanidine groups is 1. The van der Waals surface area contributed by atoms with Crippen molar-refractivity contribution < 1.29 is 9.18 Å². The van der Waals surface area contributed by atoms with Gasteiger partial charge in [0, 0.05) is 52.9 Å². The van der Waals surface area contributed by atoms with E-state index >= 15 is 0 Å². The molecule has 0 spiro atoms. The van der Waals surface area contributed by atoms with Crippen LogP contribution in [0.2, 0.25) is 0 Å². The van der Waals surface area contributed by atoms with Crippen LogP contribution < -0.4 is 5.32 Å². The minimum absolute atomic E-state index is 0.0631. The lowest BCUT2D eigenvalue weighted by molar-refractivity contribution is -0.135. The maximum Gasteiger partial charge on any atom is 0.239 e. The van der Waals surface area contributed by atoms with E-state index in [1.54, 1.807) is 7.05 Å². The van der Waals surface area contributed by atoms with E-state index in [2.05, 4.69) is 25.0 Å². The molecule has 2 aliphatic rings. The Morgan fingerprint density at radius 2 is 1.68 bits per heavy atom. The molecule has 0 radical (unpaired) electrons. The van der Waals surface area contributed by atoms with E-state index in [-0.39, 0.29) is 23.8 Å². The Hall–Kier alpha value is -2.19. The van der Waals surface area contributed by atoms with E-state index in [0.29, 0.717) is 6.54 Å². The molecule has 1 aromatic rings. The van der Waals surface area contributed by atoms with E-state index < -0.39 is 0 Å². The predicted octanol–water partition coefficient (Wildman–Crippen LogP) is 1.63. The normalized spacial score (nSPS) is 20.3. The summed E-state index contributed by atoms with van der Waals surface area (Å²) in [5, 5.41) is 3.49. The number of aliphatic imine (C=N–C) groups is 1. The van der Waals surface area contributed by atoms with Gasteiger partial charge in [-0.15, -0.1) is 0 Å². The molecular weight excluding hydrogens is 395 g/mol. The number of likely N-dealkylation sites (N-methyl/N-ethyl adjacent to an activating group) is 1. The van der Waals surface area contributed by atoms with Crippen molar-refractivity contribution in [2.24, 2.45) is 4.99 Å². The molecule has 8 heteroatoms. The first kappa shape index (κ1) is 23.5. The third-order valence-corrected chi connectivity index (χ3v) is 6.48. The van der Waals surface area contributed by atoms with Gasteiger partial charge in [-0.25, -0.2) is 4.39 Å². The van der Waals surface area contributed by atoms with E-state index in [1.165, 1.54) is 12.1 Å². The van der Waals surface area contributed by atoms with Gasteiger partial charge in [-0.1, -0.05) is 12.1 Å². The van der Waals surface area contributed by atoms with Gasteiger partial charge in [-0.05, 0) is 51.6 Å². The number of carbonyl (C=O) groups is 1. The van der Waals surface area contributed by atoms with E-state index in [9.17, 15) is 9.18 Å². The Labute approximate surface area is 185 Å². The number of nitrogens with zero attached hydrogens (tertiary/aromatic N) is 5. The van der Waals surface area contributed by atoms with Gasteiger partial charge in [0.25, 0.3) is 0 Å². The number of nitrogens with one attached hydrogen (secondary N) is 1. The summed E-state index contributed by atoms with van der Waals surface area (Å²) in [4.78, 5) is 25.9. The van der Waals surface area contributed by atoms with Crippen molar-refractivity contribution in [1.82, 2.24) is 24.9 Å². The largest absolute Gasteiger partial charge is 0.354 e. The predicted molar refractivity (Wildman–Crippen MR) is 123 cm³/mol. The number of likely N-dealkylation sites (tertiary alicyclic amines) is 1. The van der Waals surface area contributed by atoms with Crippen LogP contribution >= 0.6 is 0 Å². The number of amides is 1. The standard InChI is InChI=1S/C23H37FN6O/c1-18(22(31)29-11-5-6-12-29)28-13-15-30(16-14-28)23(25-2)26-17-21(27(3)4)19-7-9-20(24)10-8-19/h7-10,18,21H,5-6,11-17H2,1-4H3,(H,25,26). The topological polar surface area (TPSA) is 54.4 Å². The molecule has 1 N–H and O–H groups in total. The SMILES string of the molecule is CN=C(NCC(c1ccc(F)cc1)N(C)C)N1CCN(C(C)C(=O)N2CCCC2)CC1. The molecule has 1 amide bonds. The Balaban J connectivity index is 1.52. The van der Waals surface area contributed by atoms with Crippen molar-refractivity contribution in [3.05, 3.63) is 35.6 Å². The van der Waals surface area contributed by atoms with Crippen LogP contribution in [0.4, 0.5) is 4.39 Å². The first-order valence-electron chi connectivity index (χ1n) is 11.3. The molecule has 1 aromatic carbocycles. The minimum Gasteiger partial charge on any atom is -0.354 e. The zero-order chi connectivity index (χ0) is 22.4. The van der Waals surface area contributed by atoms with Crippen molar-refractivity contribution in [1.29, 1.82) is 0 Å². The molecule has 3 rings (SSSR count). The van der Waals surface area contributed by atoms with Gasteiger partial charge in [0.2, 0.25) is 5.91 Å². The van der Waals surface area contributed by atoms with Crippen LogP contribution in [0.5, 0.6) is 0 Å². The fourth-order valence-corrected chi connectivity index (χ4v) is 4.48. The smallest absolute Gasteiger partial charge is 0.239 e. The summed E-state index contributed by atoms with van der Waals surface area (Å²) < 4.78 is 13.3. The van der Waals surface area contributed by atoms with Crippen molar-refractivity contribution in [2.45, 2.75) is 31.8 Å². The number of piperazine rings is 1. The molecule has 0 aliphatic carbocycles. The van der Waals surface area contributed by atoms with Gasteiger partial charge >= 0.3 is 0 Å². The molecule has 0 bridgehead atoms. The highest BCUT2D eigenvalue weighted by Gasteiger charge is 2.30. The molecule has 2 aliphatic heterocycles. The maximum absolute atomic E-state index is 13.3. The Morgan fingerprint density at radius 3 is 2.23 bits per heavy atom. The van der Waals surface area contributed by atoms with Gasteiger partial charge in [-0.2, -0.15) is 0 Å². The lowest BCUT2D eigenvalue weighted by Crippen LogP contribution is -2.57. The van der Waals surface area contributed by atoms with Gasteiger partial charge in [-0.3, -0.25) is 14.7 Å². The molecule has 172 valence electrons. The summed E-state index contributed by atoms with van der Waals surface area (Å²) in [5.74, 6) is 0.911. The summed E-state index contributed by atoms with van der Waals surface area (Å²) >= 11 is 0. The van der Waals surface area contributed by atoms with Crippen molar-refractivity contribution >= 4 is 11.9 Å². The molecular formula is C23H37FN6O. The lowest BCUT2D eigenvalue weighted by atomic mass is 10.1. The summed E-state index contributed by atoms with van der Waals surface area (Å²) in [6, 6.07) is 6.72. The van der Waals surface area contributed by atoms with Crippen LogP contribution in [-0.4, -0.2) is 104 Å². The van der Waals surface area contributed by atoms with Crippen molar-refractivity contribution in [3.63, 3.8) is 0 Å². The number of hydrogen-bond acceptors (Lipinski definition) is 4. The summed E-state index contributed by atoms with van der Waals surface area (Å²) in [6.07, 6.45) is 2.25. The highest BCUT2D eigenvalue weighted by Crippen LogP contribution is 2.18. The number of rotatable bonds is 6. The highest BCUT2D eigenvalue weighted by atomic mass is 19.1. The number of halogens is 1. The molecule has 31 heavy (non-hydrogen) atoms. The molecule has 2 atom stereocenters. The fourth-order valence-electron chi connectivity index (χ4n) is 4.48. The molecule has 2 heterocycles. The lowest BCUT2D eigenvalue weighted by Gasteiger charge is -2.40. The summed E-state index contributed by atoms with van der Waals surface area (Å²) in [6.45, 7) is 7.87. The van der Waals surface area contributed by atoms with Crippen LogP contribution in [0.25, 0.3) is 0 Å². The Morgan fingerprint density at radius 1 is 1.06 bits per heavy atom. The van der Waals surface area contributed by atoms with Gasteiger partial charge in [0.15, 0.2) is 5.96 Å². The summed E-state index contributed by atoms with van der Waals surface area (Å²) in [7, 11) is 5.85. The monoisotopic (exact) mass is 432 g/mol. The minimum atomic E-state index is -0.222. The van der Waals surface area contributed by atoms with E-state index in [0.717, 1.165) is 63.6 Å². The second-order valence-corrected chi connectivity index (χ2v) is 8.69. The second kappa shape index (κ2) is 10.9. The fraction of sp³-hybridized carbons (Fsp3) is 0.652. The van der Waals surface area contributed by atoms with Crippen molar-refractivity contribution in [3.8, 4) is 0 Å². The van der Waals surface area contributed by atoms with E-state index in [1.807, 2.05) is 38.1 Å². The number of benzene rings is 1. The molecule has 7 nitrogen and oxygen atoms in total. The Kier molecular flexibility index (Phi) is 8.26. The van der Waals surface area contributed by atoms with Crippen LogP contribution in [0, 0.1) is 5.82 Å². The highest BCUT2D eigenvalue weighted by molar-refractivity contribution is 5.82. The zero-order valence-electron chi connectivity index (χ0n) is 19.4. The first-order valence-corrected chi connectivity index (χ1v) is 11.3. The summed E-state index contributed by atoms with van der Waals surface area (Å²) in [5.41, 5.74) is 1.06. The Bertz CT molecular complexity index is 739. The molecule has 0 saturated carbocycles. The number of hydrogen-bond donors (Lipinski definition) is 1. The molecule has 2 saturated heterocycles. The van der Waals surface area contributed by atoms with Crippen LogP contribution in [0.15, 0.2) is 29.3 Å². The maximum atomic E-state index is 13.3. The van der Waals surface area contributed by atoms with Crippen LogP contribution in [0.1, 0.15) is 31.4 Å². The van der Waals surface area contributed by atoms with Crippen molar-refractivity contribution in [2.75, 3.05) is 67.0 Å². The van der Waals surface area contributed by atoms with Gasteiger partial charge in [0.1, 0.15) is 5.82 Å². The van der Waals surface area contributed by atoms with Crippen LogP contribution in [0.3, 0.4) is 0 Å². The molecule has 2 fully saturated rings. The van der Waals surface area contributed by atoms with Gasteiger partial charge in [0.05, 0.1) is 12.1 Å². The average Bonchev–Trinajstić information content (AvgIpc) is 3.32. The number of carbonyl (C=O) groups excluding carboxylic acids is 1. The molecule has 2 unspecified atom stereocenters. The van der Waals surface area contributed by atoms with Gasteiger partial charge < -0.3 is 20.0 Å². The quantitative estimate of drug-likeness (QED) is 0.547. The van der Waals surface area contributed by atoms with Crippen LogP contribution in [-0.2, 0) is 4.79 Å². The van der Waals surface area contributed by atoms with E-state index in [4.69, 9.17) is 0 Å². The zero-order valence-corrected chi connectivity index (χ0v) is 19.4. The second-order valence-electron chi connectivity index (χ2n) is 8.69. The molecule has 0 aromatic heterocycles. The average molecular weight is 433 g/mol. The third-order valence-electron chi connectivity index (χ3n) is 6.48. The third kappa shape index (κ3) is 5.95.